The third kappa shape index (κ3) is 6.04. The Morgan fingerprint density at radius 3 is 2.09 bits per heavy atom. The highest BCUT2D eigenvalue weighted by atomic mass is 16.5. The Kier molecular flexibility index (Phi) is 7.74. The first-order valence-corrected chi connectivity index (χ1v) is 11.3. The monoisotopic (exact) mass is 474 g/mol. The summed E-state index contributed by atoms with van der Waals surface area (Å²) in [6.45, 7) is 0.426. The highest BCUT2D eigenvalue weighted by molar-refractivity contribution is 5.94. The van der Waals surface area contributed by atoms with Crippen LogP contribution in [0.1, 0.15) is 33.0 Å². The summed E-state index contributed by atoms with van der Waals surface area (Å²) < 4.78 is 10.4. The van der Waals surface area contributed by atoms with Crippen molar-refractivity contribution < 1.29 is 29.0 Å². The topological polar surface area (TPSA) is 114 Å². The number of benzene rings is 3. The molecule has 3 N–H and O–H groups in total. The number of alkyl carbamates (subject to hydrolysis) is 1. The second-order valence-electron chi connectivity index (χ2n) is 8.08. The number of amides is 2. The second kappa shape index (κ2) is 11.3. The Balaban J connectivity index is 1.23. The number of fused-ring (bicyclic) bond motifs is 3. The molecule has 35 heavy (non-hydrogen) atoms. The molecule has 8 heteroatoms. The maximum absolute atomic E-state index is 12.3. The van der Waals surface area contributed by atoms with Crippen LogP contribution in [0.5, 0.6) is 0 Å². The summed E-state index contributed by atoms with van der Waals surface area (Å²) in [7, 11) is 0. The minimum Gasteiger partial charge on any atom is -0.480 e. The summed E-state index contributed by atoms with van der Waals surface area (Å²) in [5.74, 6) is -1.35. The lowest BCUT2D eigenvalue weighted by Crippen LogP contribution is -2.28. The average Bonchev–Trinajstić information content (AvgIpc) is 3.19. The fraction of sp³-hybridized carbons (Fsp3) is 0.222. The first-order chi connectivity index (χ1) is 17.0. The van der Waals surface area contributed by atoms with Crippen molar-refractivity contribution in [1.29, 1.82) is 0 Å². The van der Waals surface area contributed by atoms with Crippen molar-refractivity contribution >= 4 is 18.0 Å². The molecule has 4 rings (SSSR count). The maximum atomic E-state index is 12.3. The zero-order valence-electron chi connectivity index (χ0n) is 19.0. The first-order valence-electron chi connectivity index (χ1n) is 11.3. The highest BCUT2D eigenvalue weighted by Crippen LogP contribution is 2.44. The number of aliphatic carboxylic acids is 1. The van der Waals surface area contributed by atoms with Gasteiger partial charge in [-0.15, -0.1) is 0 Å². The van der Waals surface area contributed by atoms with Crippen molar-refractivity contribution in [3.05, 3.63) is 95.1 Å². The van der Waals surface area contributed by atoms with E-state index in [1.165, 1.54) is 11.1 Å². The van der Waals surface area contributed by atoms with E-state index in [1.807, 2.05) is 24.3 Å². The standard InChI is InChI=1S/C27H26N2O6/c30-25(31)17-34-14-13-28-26(32)19-11-9-18(10-12-19)15-29-27(33)35-16-24-22-7-3-1-5-20(22)21-6-2-4-8-23(21)24/h1-12,24H,13-17H2,(H,28,32)(H,29,33)(H,30,31). The van der Waals surface area contributed by atoms with Gasteiger partial charge in [0.15, 0.2) is 0 Å². The number of ether oxygens (including phenoxy) is 2. The largest absolute Gasteiger partial charge is 0.480 e. The van der Waals surface area contributed by atoms with Crippen molar-refractivity contribution in [2.45, 2.75) is 12.5 Å². The van der Waals surface area contributed by atoms with Gasteiger partial charge in [0.1, 0.15) is 13.2 Å². The van der Waals surface area contributed by atoms with Gasteiger partial charge in [-0.1, -0.05) is 60.7 Å². The van der Waals surface area contributed by atoms with Crippen molar-refractivity contribution in [1.82, 2.24) is 10.6 Å². The minimum absolute atomic E-state index is 0.000438. The normalized spacial score (nSPS) is 11.9. The Morgan fingerprint density at radius 1 is 0.829 bits per heavy atom. The zero-order valence-corrected chi connectivity index (χ0v) is 19.0. The molecule has 0 heterocycles. The fourth-order valence-electron chi connectivity index (χ4n) is 4.10. The third-order valence-electron chi connectivity index (χ3n) is 5.75. The van der Waals surface area contributed by atoms with Gasteiger partial charge in [-0.05, 0) is 39.9 Å². The number of carbonyl (C=O) groups is 3. The van der Waals surface area contributed by atoms with Crippen LogP contribution in [-0.2, 0) is 20.8 Å². The van der Waals surface area contributed by atoms with Crippen molar-refractivity contribution in [2.75, 3.05) is 26.4 Å². The van der Waals surface area contributed by atoms with E-state index in [0.717, 1.165) is 16.7 Å². The number of carboxylic acid groups (broad SMARTS) is 1. The lowest BCUT2D eigenvalue weighted by atomic mass is 9.98. The molecule has 0 atom stereocenters. The smallest absolute Gasteiger partial charge is 0.407 e. The quantitative estimate of drug-likeness (QED) is 0.387. The van der Waals surface area contributed by atoms with E-state index in [4.69, 9.17) is 14.6 Å². The maximum Gasteiger partial charge on any atom is 0.407 e. The van der Waals surface area contributed by atoms with Crippen molar-refractivity contribution in [3.63, 3.8) is 0 Å². The van der Waals surface area contributed by atoms with Gasteiger partial charge >= 0.3 is 12.1 Å². The molecule has 180 valence electrons. The number of carbonyl (C=O) groups excluding carboxylic acids is 2. The van der Waals surface area contributed by atoms with Crippen LogP contribution in [0.2, 0.25) is 0 Å². The van der Waals surface area contributed by atoms with Crippen LogP contribution in [0.25, 0.3) is 11.1 Å². The molecule has 0 aliphatic heterocycles. The molecular weight excluding hydrogens is 448 g/mol. The lowest BCUT2D eigenvalue weighted by molar-refractivity contribution is -0.142. The minimum atomic E-state index is -1.06. The van der Waals surface area contributed by atoms with E-state index in [9.17, 15) is 14.4 Å². The van der Waals surface area contributed by atoms with Crippen LogP contribution in [0.4, 0.5) is 4.79 Å². The molecule has 0 unspecified atom stereocenters. The van der Waals surface area contributed by atoms with Gasteiger partial charge in [-0.3, -0.25) is 4.79 Å². The van der Waals surface area contributed by atoms with E-state index in [1.54, 1.807) is 24.3 Å². The van der Waals surface area contributed by atoms with Crippen molar-refractivity contribution in [2.24, 2.45) is 0 Å². The molecule has 3 aromatic rings. The molecule has 1 aliphatic rings. The Bertz CT molecular complexity index is 1160. The summed E-state index contributed by atoms with van der Waals surface area (Å²) >= 11 is 0. The van der Waals surface area contributed by atoms with Gasteiger partial charge in [-0.25, -0.2) is 9.59 Å². The number of nitrogens with one attached hydrogen (secondary N) is 2. The van der Waals surface area contributed by atoms with E-state index >= 15 is 0 Å². The molecule has 1 aliphatic carbocycles. The number of carboxylic acids is 1. The van der Waals surface area contributed by atoms with Gasteiger partial charge < -0.3 is 25.2 Å². The van der Waals surface area contributed by atoms with Gasteiger partial charge in [0.05, 0.1) is 6.61 Å². The van der Waals surface area contributed by atoms with Crippen LogP contribution < -0.4 is 10.6 Å². The zero-order chi connectivity index (χ0) is 24.6. The van der Waals surface area contributed by atoms with E-state index < -0.39 is 18.7 Å². The summed E-state index contributed by atoms with van der Waals surface area (Å²) in [6, 6.07) is 23.1. The first kappa shape index (κ1) is 24.0. The average molecular weight is 475 g/mol. The number of hydrogen-bond acceptors (Lipinski definition) is 5. The van der Waals surface area contributed by atoms with Crippen LogP contribution in [0, 0.1) is 0 Å². The van der Waals surface area contributed by atoms with Crippen LogP contribution in [-0.4, -0.2) is 49.4 Å². The third-order valence-corrected chi connectivity index (χ3v) is 5.75. The van der Waals surface area contributed by atoms with E-state index in [-0.39, 0.29) is 38.1 Å². The molecule has 0 bridgehead atoms. The Hall–Kier alpha value is -4.17. The molecule has 0 saturated heterocycles. The second-order valence-corrected chi connectivity index (χ2v) is 8.08. The molecule has 8 nitrogen and oxygen atoms in total. The summed E-state index contributed by atoms with van der Waals surface area (Å²) in [4.78, 5) is 34.9. The number of hydrogen-bond donors (Lipinski definition) is 3. The molecule has 0 aromatic heterocycles. The number of rotatable bonds is 10. The molecule has 0 spiro atoms. The molecule has 2 amide bonds. The molecule has 0 radical (unpaired) electrons. The molecule has 0 fully saturated rings. The predicted molar refractivity (Wildman–Crippen MR) is 129 cm³/mol. The van der Waals surface area contributed by atoms with Gasteiger partial charge in [0.25, 0.3) is 5.91 Å². The van der Waals surface area contributed by atoms with E-state index in [2.05, 4.69) is 34.9 Å². The highest BCUT2D eigenvalue weighted by Gasteiger charge is 2.28. The van der Waals surface area contributed by atoms with E-state index in [0.29, 0.717) is 5.56 Å². The molecule has 0 saturated carbocycles. The van der Waals surface area contributed by atoms with Gasteiger partial charge in [0, 0.05) is 24.6 Å². The summed E-state index contributed by atoms with van der Waals surface area (Å²) in [5.41, 5.74) is 5.93. The Morgan fingerprint density at radius 2 is 1.46 bits per heavy atom. The summed E-state index contributed by atoms with van der Waals surface area (Å²) in [5, 5.41) is 13.9. The Labute approximate surface area is 202 Å². The predicted octanol–water partition coefficient (Wildman–Crippen LogP) is 3.56. The SMILES string of the molecule is O=C(O)COCCNC(=O)c1ccc(CNC(=O)OCC2c3ccccc3-c3ccccc32)cc1. The van der Waals surface area contributed by atoms with Crippen LogP contribution >= 0.6 is 0 Å². The molecular formula is C27H26N2O6. The lowest BCUT2D eigenvalue weighted by Gasteiger charge is -2.14. The summed E-state index contributed by atoms with van der Waals surface area (Å²) in [6.07, 6.45) is -0.505. The van der Waals surface area contributed by atoms with Crippen molar-refractivity contribution in [3.8, 4) is 11.1 Å². The molecule has 3 aromatic carbocycles. The van der Waals surface area contributed by atoms with Gasteiger partial charge in [0.2, 0.25) is 0 Å². The van der Waals surface area contributed by atoms with Gasteiger partial charge in [-0.2, -0.15) is 0 Å². The van der Waals surface area contributed by atoms with Crippen LogP contribution in [0.3, 0.4) is 0 Å². The fourth-order valence-corrected chi connectivity index (χ4v) is 4.10. The van der Waals surface area contributed by atoms with Crippen LogP contribution in [0.15, 0.2) is 72.8 Å².